The van der Waals surface area contributed by atoms with E-state index in [2.05, 4.69) is 16.2 Å². The fraction of sp³-hybridized carbons (Fsp3) is 0.250. The van der Waals surface area contributed by atoms with Gasteiger partial charge in [-0.1, -0.05) is 6.07 Å². The van der Waals surface area contributed by atoms with Gasteiger partial charge in [0.15, 0.2) is 5.11 Å². The number of anilines is 1. The maximum atomic E-state index is 6.01. The van der Waals surface area contributed by atoms with E-state index in [0.29, 0.717) is 5.11 Å². The van der Waals surface area contributed by atoms with Crippen molar-refractivity contribution in [2.24, 2.45) is 0 Å². The lowest BCUT2D eigenvalue weighted by atomic mass is 9.99. The van der Waals surface area contributed by atoms with E-state index < -0.39 is 5.60 Å². The van der Waals surface area contributed by atoms with Crippen LogP contribution >= 0.6 is 12.2 Å². The Labute approximate surface area is 164 Å². The van der Waals surface area contributed by atoms with Crippen LogP contribution in [0.15, 0.2) is 48.5 Å². The van der Waals surface area contributed by atoms with Gasteiger partial charge < -0.3 is 19.5 Å². The van der Waals surface area contributed by atoms with Crippen molar-refractivity contribution in [2.75, 3.05) is 19.5 Å². The van der Waals surface area contributed by atoms with Crippen molar-refractivity contribution in [3.8, 4) is 17.2 Å². The van der Waals surface area contributed by atoms with Crippen LogP contribution in [0.2, 0.25) is 0 Å². The molecule has 2 aromatic carbocycles. The number of ether oxygens (including phenoxy) is 3. The van der Waals surface area contributed by atoms with Crippen molar-refractivity contribution in [3.63, 3.8) is 0 Å². The summed E-state index contributed by atoms with van der Waals surface area (Å²) in [6, 6.07) is 13.2. The highest BCUT2D eigenvalue weighted by Crippen LogP contribution is 2.36. The fourth-order valence-corrected chi connectivity index (χ4v) is 2.93. The molecule has 0 saturated heterocycles. The van der Waals surface area contributed by atoms with Crippen LogP contribution in [0, 0.1) is 0 Å². The van der Waals surface area contributed by atoms with Crippen LogP contribution in [0.25, 0.3) is 5.70 Å². The Kier molecular flexibility index (Phi) is 5.41. The maximum absolute atomic E-state index is 6.01. The van der Waals surface area contributed by atoms with Crippen molar-refractivity contribution in [3.05, 3.63) is 54.1 Å². The predicted octanol–water partition coefficient (Wildman–Crippen LogP) is 3.71. The first-order valence-electron chi connectivity index (χ1n) is 8.47. The van der Waals surface area contributed by atoms with E-state index in [1.165, 1.54) is 0 Å². The molecule has 1 aliphatic rings. The molecule has 1 heterocycles. The summed E-state index contributed by atoms with van der Waals surface area (Å²) in [6.45, 7) is 3.99. The molecule has 27 heavy (non-hydrogen) atoms. The van der Waals surface area contributed by atoms with Crippen LogP contribution in [0.5, 0.6) is 17.2 Å². The molecule has 3 rings (SSSR count). The third kappa shape index (κ3) is 4.62. The highest BCUT2D eigenvalue weighted by Gasteiger charge is 2.27. The molecule has 0 fully saturated rings. The van der Waals surface area contributed by atoms with Gasteiger partial charge in [0.25, 0.3) is 0 Å². The Bertz CT molecular complexity index is 881. The number of fused-ring (bicyclic) bond motifs is 1. The number of thiocarbonyl (C=S) groups is 1. The molecule has 0 amide bonds. The molecule has 142 valence electrons. The van der Waals surface area contributed by atoms with Gasteiger partial charge in [-0.05, 0) is 62.5 Å². The molecule has 6 nitrogen and oxygen atoms in total. The Balaban J connectivity index is 1.72. The van der Waals surface area contributed by atoms with Gasteiger partial charge in [0.2, 0.25) is 0 Å². The molecular weight excluding hydrogens is 362 g/mol. The van der Waals surface area contributed by atoms with Gasteiger partial charge in [0, 0.05) is 17.3 Å². The van der Waals surface area contributed by atoms with Gasteiger partial charge in [0.1, 0.15) is 22.8 Å². The van der Waals surface area contributed by atoms with E-state index in [4.69, 9.17) is 26.4 Å². The molecule has 0 atom stereocenters. The van der Waals surface area contributed by atoms with Crippen LogP contribution in [0.4, 0.5) is 5.69 Å². The van der Waals surface area contributed by atoms with Crippen LogP contribution in [0.1, 0.15) is 19.4 Å². The van der Waals surface area contributed by atoms with Crippen molar-refractivity contribution >= 4 is 28.7 Å². The fourth-order valence-electron chi connectivity index (χ4n) is 2.76. The molecule has 7 heteroatoms. The van der Waals surface area contributed by atoms with Crippen LogP contribution < -0.4 is 30.4 Å². The van der Waals surface area contributed by atoms with Gasteiger partial charge in [-0.2, -0.15) is 0 Å². The Morgan fingerprint density at radius 3 is 2.52 bits per heavy atom. The van der Waals surface area contributed by atoms with Gasteiger partial charge in [-0.3, -0.25) is 10.9 Å². The molecule has 0 unspecified atom stereocenters. The lowest BCUT2D eigenvalue weighted by molar-refractivity contribution is 0.157. The second-order valence-corrected chi connectivity index (χ2v) is 6.97. The smallest absolute Gasteiger partial charge is 0.189 e. The van der Waals surface area contributed by atoms with E-state index in [0.717, 1.165) is 34.2 Å². The summed E-state index contributed by atoms with van der Waals surface area (Å²) in [5, 5.41) is 3.55. The summed E-state index contributed by atoms with van der Waals surface area (Å²) in [4.78, 5) is 0. The van der Waals surface area contributed by atoms with Crippen LogP contribution in [-0.2, 0) is 0 Å². The summed E-state index contributed by atoms with van der Waals surface area (Å²) in [7, 11) is 3.26. The minimum Gasteiger partial charge on any atom is -0.497 e. The van der Waals surface area contributed by atoms with E-state index >= 15 is 0 Å². The van der Waals surface area contributed by atoms with Crippen LogP contribution in [0.3, 0.4) is 0 Å². The number of methoxy groups -OCH3 is 2. The number of hydrazine groups is 1. The molecule has 2 aromatic rings. The van der Waals surface area contributed by atoms with Crippen molar-refractivity contribution in [1.29, 1.82) is 0 Å². The van der Waals surface area contributed by atoms with Crippen LogP contribution in [-0.4, -0.2) is 24.9 Å². The number of hydrogen-bond donors (Lipinski definition) is 3. The highest BCUT2D eigenvalue weighted by atomic mass is 32.1. The number of hydrogen-bond acceptors (Lipinski definition) is 5. The molecule has 0 bridgehead atoms. The second-order valence-electron chi connectivity index (χ2n) is 6.56. The molecule has 0 spiro atoms. The quantitative estimate of drug-likeness (QED) is 0.536. The molecule has 0 aliphatic carbocycles. The van der Waals surface area contributed by atoms with E-state index in [1.54, 1.807) is 14.2 Å². The first-order chi connectivity index (χ1) is 12.9. The number of nitrogens with one attached hydrogen (secondary N) is 3. The summed E-state index contributed by atoms with van der Waals surface area (Å²) >= 11 is 5.38. The Morgan fingerprint density at radius 1 is 1.04 bits per heavy atom. The predicted molar refractivity (Wildman–Crippen MR) is 111 cm³/mol. The summed E-state index contributed by atoms with van der Waals surface area (Å²) in [6.07, 6.45) is 2.00. The largest absolute Gasteiger partial charge is 0.497 e. The minimum absolute atomic E-state index is 0.429. The second kappa shape index (κ2) is 7.75. The van der Waals surface area contributed by atoms with Crippen molar-refractivity contribution < 1.29 is 14.2 Å². The molecule has 3 N–H and O–H groups in total. The Hall–Kier alpha value is -2.93. The molecule has 0 aromatic heterocycles. The first kappa shape index (κ1) is 18.8. The van der Waals surface area contributed by atoms with E-state index in [9.17, 15) is 0 Å². The number of benzene rings is 2. The zero-order valence-corrected chi connectivity index (χ0v) is 16.6. The highest BCUT2D eigenvalue weighted by molar-refractivity contribution is 7.80. The number of rotatable bonds is 5. The standard InChI is InChI=1S/C20H23N3O3S/c1-20(2)12-17(16-11-15(25-4)8-9-18(16)26-20)22-23-19(27)21-13-6-5-7-14(10-13)24-3/h5-12,22H,1-4H3,(H2,21,23,27). The minimum atomic E-state index is -0.451. The normalized spacial score (nSPS) is 14.1. The van der Waals surface area contributed by atoms with E-state index in [1.807, 2.05) is 62.4 Å². The topological polar surface area (TPSA) is 63.8 Å². The summed E-state index contributed by atoms with van der Waals surface area (Å²) < 4.78 is 16.6. The van der Waals surface area contributed by atoms with Gasteiger partial charge in [0.05, 0.1) is 19.9 Å². The first-order valence-corrected chi connectivity index (χ1v) is 8.88. The zero-order valence-electron chi connectivity index (χ0n) is 15.8. The molecule has 0 saturated carbocycles. The van der Waals surface area contributed by atoms with Gasteiger partial charge >= 0.3 is 0 Å². The average molecular weight is 385 g/mol. The zero-order chi connectivity index (χ0) is 19.4. The third-order valence-electron chi connectivity index (χ3n) is 3.98. The maximum Gasteiger partial charge on any atom is 0.189 e. The third-order valence-corrected chi connectivity index (χ3v) is 4.18. The average Bonchev–Trinajstić information content (AvgIpc) is 2.65. The molecule has 0 radical (unpaired) electrons. The summed E-state index contributed by atoms with van der Waals surface area (Å²) in [5.41, 5.74) is 8.32. The van der Waals surface area contributed by atoms with Crippen molar-refractivity contribution in [2.45, 2.75) is 19.4 Å². The lowest BCUT2D eigenvalue weighted by Crippen LogP contribution is -2.41. The lowest BCUT2D eigenvalue weighted by Gasteiger charge is -2.31. The van der Waals surface area contributed by atoms with Crippen molar-refractivity contribution in [1.82, 2.24) is 10.9 Å². The van der Waals surface area contributed by atoms with E-state index in [-0.39, 0.29) is 0 Å². The SMILES string of the molecule is COc1cccc(NC(=S)NNC2=CC(C)(C)Oc3ccc(OC)cc32)c1. The monoisotopic (exact) mass is 385 g/mol. The van der Waals surface area contributed by atoms with Gasteiger partial charge in [-0.25, -0.2) is 0 Å². The van der Waals surface area contributed by atoms with Gasteiger partial charge in [-0.15, -0.1) is 0 Å². The molecular formula is C20H23N3O3S. The Morgan fingerprint density at radius 2 is 1.78 bits per heavy atom. The summed E-state index contributed by atoms with van der Waals surface area (Å²) in [5.74, 6) is 2.28. The molecule has 1 aliphatic heterocycles.